The maximum absolute atomic E-state index is 13.8. The minimum atomic E-state index is -0.144. The molecule has 3 fully saturated rings. The van der Waals surface area contributed by atoms with E-state index in [1.54, 1.807) is 0 Å². The molecule has 0 bridgehead atoms. The molecule has 1 aliphatic carbocycles. The zero-order valence-corrected chi connectivity index (χ0v) is 21.0. The molecule has 6 heteroatoms. The summed E-state index contributed by atoms with van der Waals surface area (Å²) >= 11 is 0. The molecule has 5 rings (SSSR count). The van der Waals surface area contributed by atoms with E-state index in [9.17, 15) is 9.59 Å². The Morgan fingerprint density at radius 3 is 2.26 bits per heavy atom. The molecule has 2 aromatic rings. The van der Waals surface area contributed by atoms with E-state index in [1.807, 2.05) is 34.3 Å². The van der Waals surface area contributed by atoms with Crippen molar-refractivity contribution in [3.63, 3.8) is 0 Å². The van der Waals surface area contributed by atoms with Crippen LogP contribution in [-0.4, -0.2) is 57.6 Å². The molecule has 1 saturated carbocycles. The molecule has 1 aromatic heterocycles. The molecule has 3 heterocycles. The van der Waals surface area contributed by atoms with Gasteiger partial charge in [-0.3, -0.25) is 13.9 Å². The quantitative estimate of drug-likeness (QED) is 0.644. The molecule has 1 aromatic carbocycles. The Bertz CT molecular complexity index is 1030. The summed E-state index contributed by atoms with van der Waals surface area (Å²) in [4.78, 5) is 32.0. The first-order valence-corrected chi connectivity index (χ1v) is 13.9. The summed E-state index contributed by atoms with van der Waals surface area (Å²) in [5.41, 5.74) is 2.01. The molecule has 2 atom stereocenters. The molecule has 0 spiro atoms. The van der Waals surface area contributed by atoms with Gasteiger partial charge in [0, 0.05) is 39.3 Å². The zero-order valence-electron chi connectivity index (χ0n) is 21.0. The number of amides is 1. The average Bonchev–Trinajstić information content (AvgIpc) is 3.46. The van der Waals surface area contributed by atoms with Gasteiger partial charge >= 0.3 is 5.69 Å². The number of rotatable bonds is 5. The first-order valence-electron chi connectivity index (χ1n) is 13.9. The standard InChI is InChI=1S/C28H42N4O2/c1-2-31-25-14-8-9-15-26(25)32(28(31)34)24-16-19-29(20-22-12-6-4-3-5-7-13-22)21-23(24)27(33)30-17-10-11-18-30/h8-9,14-15,22-24H,2-7,10-13,16-21H2,1H3/t23-,24-/m0/s1. The van der Waals surface area contributed by atoms with Crippen molar-refractivity contribution in [1.82, 2.24) is 18.9 Å². The van der Waals surface area contributed by atoms with Crippen LogP contribution in [0.2, 0.25) is 0 Å². The van der Waals surface area contributed by atoms with E-state index in [1.165, 1.54) is 44.9 Å². The highest BCUT2D eigenvalue weighted by Gasteiger charge is 2.40. The lowest BCUT2D eigenvalue weighted by atomic mass is 9.87. The monoisotopic (exact) mass is 466 g/mol. The predicted octanol–water partition coefficient (Wildman–Crippen LogP) is 4.67. The van der Waals surface area contributed by atoms with Crippen LogP contribution in [0.1, 0.15) is 77.2 Å². The van der Waals surface area contributed by atoms with Crippen LogP contribution >= 0.6 is 0 Å². The molecular formula is C28H42N4O2. The van der Waals surface area contributed by atoms with Crippen molar-refractivity contribution in [2.24, 2.45) is 11.8 Å². The number of imidazole rings is 1. The van der Waals surface area contributed by atoms with E-state index in [2.05, 4.69) is 15.9 Å². The smallest absolute Gasteiger partial charge is 0.329 e. The zero-order chi connectivity index (χ0) is 23.5. The first-order chi connectivity index (χ1) is 16.7. The Kier molecular flexibility index (Phi) is 7.43. The predicted molar refractivity (Wildman–Crippen MR) is 137 cm³/mol. The number of likely N-dealkylation sites (tertiary alicyclic amines) is 2. The van der Waals surface area contributed by atoms with Gasteiger partial charge in [-0.2, -0.15) is 0 Å². The van der Waals surface area contributed by atoms with Gasteiger partial charge in [0.1, 0.15) is 0 Å². The van der Waals surface area contributed by atoms with Crippen molar-refractivity contribution >= 4 is 16.9 Å². The van der Waals surface area contributed by atoms with E-state index in [0.29, 0.717) is 6.54 Å². The van der Waals surface area contributed by atoms with Gasteiger partial charge in [-0.15, -0.1) is 0 Å². The molecule has 0 unspecified atom stereocenters. The first kappa shape index (κ1) is 23.7. The van der Waals surface area contributed by atoms with Crippen LogP contribution in [0.15, 0.2) is 29.1 Å². The maximum atomic E-state index is 13.8. The van der Waals surface area contributed by atoms with Gasteiger partial charge in [-0.05, 0) is 57.1 Å². The Hall–Kier alpha value is -2.08. The summed E-state index contributed by atoms with van der Waals surface area (Å²) in [5, 5.41) is 0. The van der Waals surface area contributed by atoms with Gasteiger partial charge in [0.05, 0.1) is 23.0 Å². The number of nitrogens with zero attached hydrogens (tertiary/aromatic N) is 4. The van der Waals surface area contributed by atoms with Crippen molar-refractivity contribution in [2.45, 2.75) is 83.7 Å². The van der Waals surface area contributed by atoms with Crippen LogP contribution in [0, 0.1) is 11.8 Å². The highest BCUT2D eigenvalue weighted by atomic mass is 16.2. The lowest BCUT2D eigenvalue weighted by Gasteiger charge is -2.41. The highest BCUT2D eigenvalue weighted by molar-refractivity contribution is 5.81. The molecule has 2 aliphatic heterocycles. The van der Waals surface area contributed by atoms with E-state index in [-0.39, 0.29) is 23.6 Å². The van der Waals surface area contributed by atoms with Crippen LogP contribution in [0.25, 0.3) is 11.0 Å². The fraction of sp³-hybridized carbons (Fsp3) is 0.714. The minimum Gasteiger partial charge on any atom is -0.342 e. The van der Waals surface area contributed by atoms with Gasteiger partial charge in [-0.1, -0.05) is 44.2 Å². The fourth-order valence-corrected chi connectivity index (χ4v) is 6.84. The molecular weight excluding hydrogens is 424 g/mol. The lowest BCUT2D eigenvalue weighted by Crippen LogP contribution is -2.51. The van der Waals surface area contributed by atoms with Crippen LogP contribution in [0.3, 0.4) is 0 Å². The number of hydrogen-bond donors (Lipinski definition) is 0. The molecule has 0 radical (unpaired) electrons. The maximum Gasteiger partial charge on any atom is 0.329 e. The number of aromatic nitrogens is 2. The fourth-order valence-electron chi connectivity index (χ4n) is 6.84. The summed E-state index contributed by atoms with van der Waals surface area (Å²) in [7, 11) is 0. The summed E-state index contributed by atoms with van der Waals surface area (Å²) in [6.45, 7) is 7.30. The largest absolute Gasteiger partial charge is 0.342 e. The molecule has 0 N–H and O–H groups in total. The molecule has 186 valence electrons. The van der Waals surface area contributed by atoms with Crippen LogP contribution in [0.5, 0.6) is 0 Å². The summed E-state index contributed by atoms with van der Waals surface area (Å²) in [5.74, 6) is 0.878. The van der Waals surface area contributed by atoms with Crippen LogP contribution < -0.4 is 5.69 Å². The second kappa shape index (κ2) is 10.7. The van der Waals surface area contributed by atoms with E-state index >= 15 is 0 Å². The van der Waals surface area contributed by atoms with Crippen molar-refractivity contribution in [2.75, 3.05) is 32.7 Å². The summed E-state index contributed by atoms with van der Waals surface area (Å²) in [6, 6.07) is 8.05. The number of fused-ring (bicyclic) bond motifs is 1. The van der Waals surface area contributed by atoms with Crippen molar-refractivity contribution in [3.05, 3.63) is 34.7 Å². The van der Waals surface area contributed by atoms with Gasteiger partial charge in [0.25, 0.3) is 0 Å². The van der Waals surface area contributed by atoms with Crippen molar-refractivity contribution in [1.29, 1.82) is 0 Å². The number of carbonyl (C=O) groups is 1. The molecule has 1 amide bonds. The van der Waals surface area contributed by atoms with Gasteiger partial charge in [-0.25, -0.2) is 4.79 Å². The third-order valence-electron chi connectivity index (χ3n) is 8.65. The normalized spacial score (nSPS) is 25.5. The molecule has 3 aliphatic rings. The number of aryl methyl sites for hydroxylation is 1. The van der Waals surface area contributed by atoms with Crippen molar-refractivity contribution < 1.29 is 4.79 Å². The Morgan fingerprint density at radius 1 is 0.882 bits per heavy atom. The lowest BCUT2D eigenvalue weighted by molar-refractivity contribution is -0.138. The SMILES string of the molecule is CCn1c(=O)n([C@H]2CCN(CC3CCCCCCC3)C[C@@H]2C(=O)N2CCCC2)c2ccccc21. The van der Waals surface area contributed by atoms with Crippen molar-refractivity contribution in [3.8, 4) is 0 Å². The van der Waals surface area contributed by atoms with Gasteiger partial charge in [0.2, 0.25) is 5.91 Å². The third kappa shape index (κ3) is 4.71. The highest BCUT2D eigenvalue weighted by Crippen LogP contribution is 2.34. The van der Waals surface area contributed by atoms with Gasteiger partial charge in [0.15, 0.2) is 0 Å². The number of piperidine rings is 1. The minimum absolute atomic E-state index is 0.0430. The third-order valence-corrected chi connectivity index (χ3v) is 8.65. The van der Waals surface area contributed by atoms with E-state index < -0.39 is 0 Å². The Labute approximate surface area is 203 Å². The number of para-hydroxylation sites is 2. The van der Waals surface area contributed by atoms with E-state index in [0.717, 1.165) is 68.9 Å². The van der Waals surface area contributed by atoms with Gasteiger partial charge < -0.3 is 9.80 Å². The summed E-state index contributed by atoms with van der Waals surface area (Å²) in [6.07, 6.45) is 12.6. The topological polar surface area (TPSA) is 50.5 Å². The van der Waals surface area contributed by atoms with Crippen LogP contribution in [-0.2, 0) is 11.3 Å². The Balaban J connectivity index is 1.43. The number of hydrogen-bond acceptors (Lipinski definition) is 3. The second-order valence-corrected chi connectivity index (χ2v) is 10.9. The molecule has 2 saturated heterocycles. The second-order valence-electron chi connectivity index (χ2n) is 10.9. The summed E-state index contributed by atoms with van der Waals surface area (Å²) < 4.78 is 3.85. The van der Waals surface area contributed by atoms with E-state index in [4.69, 9.17) is 0 Å². The number of benzene rings is 1. The Morgan fingerprint density at radius 2 is 1.56 bits per heavy atom. The van der Waals surface area contributed by atoms with Crippen LogP contribution in [0.4, 0.5) is 0 Å². The average molecular weight is 467 g/mol. The molecule has 6 nitrogen and oxygen atoms in total. The number of carbonyl (C=O) groups excluding carboxylic acids is 1. The molecule has 34 heavy (non-hydrogen) atoms.